The molecule has 1 atom stereocenters. The molecule has 3 aliphatic rings. The summed E-state index contributed by atoms with van der Waals surface area (Å²) in [6, 6.07) is 0. The molecule has 2 heterocycles. The van der Waals surface area contributed by atoms with Gasteiger partial charge in [0, 0.05) is 24.9 Å². The van der Waals surface area contributed by atoms with Gasteiger partial charge in [0.15, 0.2) is 0 Å². The largest absolute Gasteiger partial charge is 0.374 e. The highest BCUT2D eigenvalue weighted by Crippen LogP contribution is 2.41. The monoisotopic (exact) mass is 271 g/mol. The van der Waals surface area contributed by atoms with E-state index in [1.165, 1.54) is 41.6 Å². The molecule has 0 saturated carbocycles. The maximum atomic E-state index is 4.43. The predicted molar refractivity (Wildman–Crippen MR) is 84.0 cm³/mol. The van der Waals surface area contributed by atoms with Crippen molar-refractivity contribution in [3.8, 4) is 0 Å². The summed E-state index contributed by atoms with van der Waals surface area (Å²) in [4.78, 5) is 0. The van der Waals surface area contributed by atoms with Crippen LogP contribution in [0, 0.1) is 5.92 Å². The molecule has 3 N–H and O–H groups in total. The highest BCUT2D eigenvalue weighted by Gasteiger charge is 2.30. The van der Waals surface area contributed by atoms with Gasteiger partial charge in [-0.05, 0) is 61.3 Å². The summed E-state index contributed by atoms with van der Waals surface area (Å²) < 4.78 is 0. The fourth-order valence-electron chi connectivity index (χ4n) is 3.65. The number of allylic oxidation sites excluding steroid dienone is 3. The number of dihydropyridines is 1. The summed E-state index contributed by atoms with van der Waals surface area (Å²) in [6.07, 6.45) is 6.07. The fraction of sp³-hybridized carbons (Fsp3) is 0.529. The van der Waals surface area contributed by atoms with Gasteiger partial charge < -0.3 is 16.0 Å². The lowest BCUT2D eigenvalue weighted by Gasteiger charge is -2.34. The maximum Gasteiger partial charge on any atom is 0.111 e. The van der Waals surface area contributed by atoms with E-state index in [1.54, 1.807) is 0 Å². The zero-order chi connectivity index (χ0) is 14.1. The second-order valence-electron chi connectivity index (χ2n) is 5.98. The van der Waals surface area contributed by atoms with E-state index in [0.29, 0.717) is 5.92 Å². The van der Waals surface area contributed by atoms with Crippen molar-refractivity contribution in [3.63, 3.8) is 0 Å². The van der Waals surface area contributed by atoms with Gasteiger partial charge in [-0.25, -0.2) is 0 Å². The Morgan fingerprint density at radius 1 is 1.25 bits per heavy atom. The van der Waals surface area contributed by atoms with Gasteiger partial charge in [0.2, 0.25) is 0 Å². The minimum Gasteiger partial charge on any atom is -0.374 e. The molecular formula is C17H25N3. The number of hydrogen-bond acceptors (Lipinski definition) is 3. The van der Waals surface area contributed by atoms with Crippen molar-refractivity contribution in [2.45, 2.75) is 32.1 Å². The van der Waals surface area contributed by atoms with Crippen molar-refractivity contribution in [1.29, 1.82) is 0 Å². The Bertz CT molecular complexity index is 504. The molecule has 0 bridgehead atoms. The van der Waals surface area contributed by atoms with Gasteiger partial charge in [0.05, 0.1) is 0 Å². The van der Waals surface area contributed by atoms with E-state index in [9.17, 15) is 0 Å². The van der Waals surface area contributed by atoms with E-state index in [2.05, 4.69) is 29.1 Å². The summed E-state index contributed by atoms with van der Waals surface area (Å²) in [5.74, 6) is 1.66. The van der Waals surface area contributed by atoms with Crippen LogP contribution >= 0.6 is 0 Å². The molecule has 20 heavy (non-hydrogen) atoms. The molecule has 0 aromatic rings. The number of nitrogens with one attached hydrogen (secondary N) is 3. The van der Waals surface area contributed by atoms with Crippen molar-refractivity contribution in [2.75, 3.05) is 20.1 Å². The van der Waals surface area contributed by atoms with Gasteiger partial charge in [-0.1, -0.05) is 13.2 Å². The molecule has 0 aromatic carbocycles. The molecule has 0 unspecified atom stereocenters. The number of hydrogen-bond donors (Lipinski definition) is 3. The van der Waals surface area contributed by atoms with Crippen molar-refractivity contribution in [1.82, 2.24) is 16.0 Å². The second kappa shape index (κ2) is 5.49. The molecule has 3 nitrogen and oxygen atoms in total. The zero-order valence-corrected chi connectivity index (χ0v) is 12.4. The molecule has 0 amide bonds. The third kappa shape index (κ3) is 2.20. The van der Waals surface area contributed by atoms with E-state index in [0.717, 1.165) is 37.4 Å². The fourth-order valence-corrected chi connectivity index (χ4v) is 3.65. The Balaban J connectivity index is 2.01. The van der Waals surface area contributed by atoms with E-state index in [-0.39, 0.29) is 0 Å². The molecule has 2 aliphatic heterocycles. The van der Waals surface area contributed by atoms with E-state index in [4.69, 9.17) is 0 Å². The summed E-state index contributed by atoms with van der Waals surface area (Å²) in [5, 5.41) is 10.2. The van der Waals surface area contributed by atoms with Crippen LogP contribution in [0.5, 0.6) is 0 Å². The Kier molecular flexibility index (Phi) is 3.70. The van der Waals surface area contributed by atoms with Crippen LogP contribution in [0.25, 0.3) is 0 Å². The summed E-state index contributed by atoms with van der Waals surface area (Å²) in [5.41, 5.74) is 6.61. The lowest BCUT2D eigenvalue weighted by Crippen LogP contribution is -2.32. The third-order valence-electron chi connectivity index (χ3n) is 4.78. The van der Waals surface area contributed by atoms with Crippen molar-refractivity contribution in [3.05, 3.63) is 47.0 Å². The molecule has 3 rings (SSSR count). The van der Waals surface area contributed by atoms with Crippen LogP contribution in [0.4, 0.5) is 0 Å². The molecule has 108 valence electrons. The first-order valence-corrected chi connectivity index (χ1v) is 7.73. The average Bonchev–Trinajstić information content (AvgIpc) is 3.01. The maximum absolute atomic E-state index is 4.43. The SMILES string of the molecule is C=C1NC(NC)=C(C(=C)[C@H]2CCNC2)C2=C1CCCC2. The van der Waals surface area contributed by atoms with Gasteiger partial charge >= 0.3 is 0 Å². The highest BCUT2D eigenvalue weighted by molar-refractivity contribution is 5.59. The first-order valence-electron chi connectivity index (χ1n) is 7.73. The quantitative estimate of drug-likeness (QED) is 0.738. The molecule has 0 spiro atoms. The van der Waals surface area contributed by atoms with Gasteiger partial charge in [0.1, 0.15) is 5.82 Å². The van der Waals surface area contributed by atoms with Crippen LogP contribution in [0.3, 0.4) is 0 Å². The topological polar surface area (TPSA) is 36.1 Å². The number of rotatable bonds is 3. The Hall–Kier alpha value is -1.48. The summed E-state index contributed by atoms with van der Waals surface area (Å²) in [7, 11) is 1.98. The standard InChI is InChI=1S/C17H25N3/c1-11(13-8-9-19-10-13)16-15-7-5-4-6-14(15)12(2)20-17(16)18-3/h13,18-20H,1-2,4-10H2,3H3/t13-/m0/s1. The highest BCUT2D eigenvalue weighted by atomic mass is 15.1. The second-order valence-corrected chi connectivity index (χ2v) is 5.98. The summed E-state index contributed by atoms with van der Waals surface area (Å²) >= 11 is 0. The Labute approximate surface area is 121 Å². The van der Waals surface area contributed by atoms with Crippen molar-refractivity contribution < 1.29 is 0 Å². The molecule has 1 fully saturated rings. The Morgan fingerprint density at radius 2 is 2.00 bits per heavy atom. The average molecular weight is 271 g/mol. The van der Waals surface area contributed by atoms with Crippen molar-refractivity contribution >= 4 is 0 Å². The normalized spacial score (nSPS) is 26.4. The van der Waals surface area contributed by atoms with Gasteiger partial charge in [-0.2, -0.15) is 0 Å². The first kappa shape index (κ1) is 13.5. The molecule has 0 radical (unpaired) electrons. The smallest absolute Gasteiger partial charge is 0.111 e. The van der Waals surface area contributed by atoms with E-state index < -0.39 is 0 Å². The molecule has 0 aromatic heterocycles. The van der Waals surface area contributed by atoms with Crippen LogP contribution in [0.2, 0.25) is 0 Å². The van der Waals surface area contributed by atoms with Crippen molar-refractivity contribution in [2.24, 2.45) is 5.92 Å². The lowest BCUT2D eigenvalue weighted by atomic mass is 9.78. The van der Waals surface area contributed by atoms with Crippen LogP contribution in [-0.2, 0) is 0 Å². The third-order valence-corrected chi connectivity index (χ3v) is 4.78. The van der Waals surface area contributed by atoms with Gasteiger partial charge in [-0.3, -0.25) is 0 Å². The predicted octanol–water partition coefficient (Wildman–Crippen LogP) is 2.57. The van der Waals surface area contributed by atoms with E-state index >= 15 is 0 Å². The molecule has 3 heteroatoms. The first-order chi connectivity index (χ1) is 9.72. The Morgan fingerprint density at radius 3 is 2.65 bits per heavy atom. The van der Waals surface area contributed by atoms with Crippen LogP contribution in [0.1, 0.15) is 32.1 Å². The molecule has 1 aliphatic carbocycles. The van der Waals surface area contributed by atoms with E-state index in [1.807, 2.05) is 7.05 Å². The minimum absolute atomic E-state index is 0.567. The van der Waals surface area contributed by atoms with Gasteiger partial charge in [-0.15, -0.1) is 0 Å². The lowest BCUT2D eigenvalue weighted by molar-refractivity contribution is 0.631. The van der Waals surface area contributed by atoms with Gasteiger partial charge in [0.25, 0.3) is 0 Å². The van der Waals surface area contributed by atoms with Crippen LogP contribution < -0.4 is 16.0 Å². The summed E-state index contributed by atoms with van der Waals surface area (Å²) in [6.45, 7) is 10.8. The van der Waals surface area contributed by atoms with Crippen LogP contribution in [0.15, 0.2) is 47.0 Å². The molecule has 1 saturated heterocycles. The van der Waals surface area contributed by atoms with Crippen LogP contribution in [-0.4, -0.2) is 20.1 Å². The zero-order valence-electron chi connectivity index (χ0n) is 12.4. The molecular weight excluding hydrogens is 246 g/mol. The minimum atomic E-state index is 0.567.